The van der Waals surface area contributed by atoms with E-state index in [0.717, 1.165) is 0 Å². The zero-order chi connectivity index (χ0) is 0. The molecule has 0 N–H and O–H groups in total. The Bertz CT molecular complexity index is 22.5. The van der Waals surface area contributed by atoms with E-state index in [1.165, 1.54) is 0 Å². The van der Waals surface area contributed by atoms with Crippen LogP contribution in [0.4, 0.5) is 0 Å². The van der Waals surface area contributed by atoms with Gasteiger partial charge >= 0.3 is 107 Å². The van der Waals surface area contributed by atoms with E-state index in [-0.39, 0.29) is 146 Å². The molecule has 7 nitrogen and oxygen atoms in total. The van der Waals surface area contributed by atoms with Crippen LogP contribution >= 0.6 is 0 Å². The van der Waals surface area contributed by atoms with Gasteiger partial charge in [0.25, 0.3) is 0 Å². The third kappa shape index (κ3) is 276. The van der Waals surface area contributed by atoms with Crippen molar-refractivity contribution in [3.63, 3.8) is 0 Å². The van der Waals surface area contributed by atoms with E-state index in [9.17, 15) is 0 Å². The van der Waals surface area contributed by atoms with Crippen LogP contribution in [-0.2, 0) is 146 Å². The largest absolute Gasteiger partial charge is 3.00 e. The Labute approximate surface area is 144 Å². The maximum Gasteiger partial charge on any atom is 3.00 e. The average Bonchev–Trinajstić information content (AvgIpc) is 0. The molecular formula is Cu2Fe2O7Zn2. The van der Waals surface area contributed by atoms with Gasteiger partial charge in [-0.25, -0.2) is 0 Å². The summed E-state index contributed by atoms with van der Waals surface area (Å²) in [5, 5.41) is 0. The second-order valence-electron chi connectivity index (χ2n) is 0. The van der Waals surface area contributed by atoms with Crippen molar-refractivity contribution < 1.29 is 146 Å². The molecular weight excluding hydrogens is 482 g/mol. The summed E-state index contributed by atoms with van der Waals surface area (Å²) in [7, 11) is 0. The molecule has 13 heavy (non-hydrogen) atoms. The van der Waals surface area contributed by atoms with Gasteiger partial charge in [-0.05, 0) is 0 Å². The van der Waals surface area contributed by atoms with Crippen LogP contribution in [-0.4, -0.2) is 0 Å². The van der Waals surface area contributed by atoms with Crippen LogP contribution in [0.3, 0.4) is 0 Å². The second kappa shape index (κ2) is 320. The van der Waals surface area contributed by atoms with Gasteiger partial charge in [0.05, 0.1) is 0 Å². The summed E-state index contributed by atoms with van der Waals surface area (Å²) in [6.07, 6.45) is 0. The average molecular weight is 482 g/mol. The first-order valence-corrected chi connectivity index (χ1v) is 0. The molecule has 0 amide bonds. The molecule has 0 spiro atoms. The standard InChI is InChI=1S/2Cu.2Fe.7O.2Zn/q2*+2;2*+3;7*-2;2*+2. The summed E-state index contributed by atoms with van der Waals surface area (Å²) in [4.78, 5) is 0. The van der Waals surface area contributed by atoms with Gasteiger partial charge in [-0.2, -0.15) is 0 Å². The van der Waals surface area contributed by atoms with Crippen molar-refractivity contribution >= 4 is 0 Å². The van der Waals surface area contributed by atoms with Gasteiger partial charge in [-0.3, -0.25) is 0 Å². The zero-order valence-electron chi connectivity index (χ0n) is 5.58. The summed E-state index contributed by atoms with van der Waals surface area (Å²) in [5.41, 5.74) is 0. The van der Waals surface area contributed by atoms with Crippen molar-refractivity contribution in [2.45, 2.75) is 0 Å². The Morgan fingerprint density at radius 3 is 0.308 bits per heavy atom. The molecule has 0 aliphatic heterocycles. The van der Waals surface area contributed by atoms with Gasteiger partial charge in [0.1, 0.15) is 0 Å². The third-order valence-electron chi connectivity index (χ3n) is 0. The fourth-order valence-electron chi connectivity index (χ4n) is 0. The van der Waals surface area contributed by atoms with Crippen LogP contribution < -0.4 is 0 Å². The minimum Gasteiger partial charge on any atom is -2.00 e. The predicted octanol–water partition coefficient (Wildman–Crippen LogP) is -0.847. The zero-order valence-corrected chi connectivity index (χ0v) is 15.6. The molecule has 0 aromatic carbocycles. The van der Waals surface area contributed by atoms with Crippen molar-refractivity contribution in [3.8, 4) is 0 Å². The van der Waals surface area contributed by atoms with Crippen LogP contribution in [0.15, 0.2) is 0 Å². The summed E-state index contributed by atoms with van der Waals surface area (Å²) in [6, 6.07) is 0. The third-order valence-corrected chi connectivity index (χ3v) is 0. The van der Waals surface area contributed by atoms with Gasteiger partial charge in [-0.15, -0.1) is 0 Å². The second-order valence-corrected chi connectivity index (χ2v) is 0. The van der Waals surface area contributed by atoms with E-state index in [1.54, 1.807) is 0 Å². The number of hydrogen-bond acceptors (Lipinski definition) is 0. The predicted molar refractivity (Wildman–Crippen MR) is 4.81 cm³/mol. The molecule has 0 saturated heterocycles. The van der Waals surface area contributed by atoms with Gasteiger partial charge in [0.15, 0.2) is 0 Å². The molecule has 0 aliphatic carbocycles. The van der Waals surface area contributed by atoms with E-state index in [2.05, 4.69) is 0 Å². The van der Waals surface area contributed by atoms with E-state index in [1.807, 2.05) is 0 Å². The maximum absolute atomic E-state index is 0. The molecule has 0 unspecified atom stereocenters. The van der Waals surface area contributed by atoms with Crippen LogP contribution in [0.25, 0.3) is 0 Å². The molecule has 0 rings (SSSR count). The van der Waals surface area contributed by atoms with Gasteiger partial charge in [-0.1, -0.05) is 0 Å². The normalized spacial score (nSPS) is 0. The smallest absolute Gasteiger partial charge is 2.00 e. The first-order valence-electron chi connectivity index (χ1n) is 0. The molecule has 0 fully saturated rings. The maximum atomic E-state index is 0. The molecule has 0 heterocycles. The molecule has 0 saturated carbocycles. The van der Waals surface area contributed by atoms with Gasteiger partial charge in [0.2, 0.25) is 0 Å². The van der Waals surface area contributed by atoms with Gasteiger partial charge < -0.3 is 38.3 Å². The first-order chi connectivity index (χ1) is 0. The van der Waals surface area contributed by atoms with Crippen molar-refractivity contribution in [1.29, 1.82) is 0 Å². The molecule has 84 valence electrons. The van der Waals surface area contributed by atoms with E-state index < -0.39 is 0 Å². The molecule has 0 aromatic rings. The van der Waals surface area contributed by atoms with Crippen LogP contribution in [0.2, 0.25) is 0 Å². The van der Waals surface area contributed by atoms with Crippen LogP contribution in [0.1, 0.15) is 0 Å². The summed E-state index contributed by atoms with van der Waals surface area (Å²) in [6.45, 7) is 0. The van der Waals surface area contributed by atoms with Gasteiger partial charge in [0, 0.05) is 0 Å². The Balaban J connectivity index is 0. The van der Waals surface area contributed by atoms with Crippen molar-refractivity contribution in [3.05, 3.63) is 0 Å². The monoisotopic (exact) mass is 478 g/mol. The van der Waals surface area contributed by atoms with Crippen molar-refractivity contribution in [1.82, 2.24) is 0 Å². The Morgan fingerprint density at radius 1 is 0.308 bits per heavy atom. The van der Waals surface area contributed by atoms with E-state index >= 15 is 0 Å². The quantitative estimate of drug-likeness (QED) is 0.389. The Hall–Kier alpha value is 3.04. The molecule has 13 heteroatoms. The summed E-state index contributed by atoms with van der Waals surface area (Å²) >= 11 is 0. The molecule has 4 radical (unpaired) electrons. The fourth-order valence-corrected chi connectivity index (χ4v) is 0. The number of hydrogen-bond donors (Lipinski definition) is 0. The Kier molecular flexibility index (Phi) is 9650. The minimum absolute atomic E-state index is 0. The SMILES string of the molecule is [Cu+2].[Cu+2].[Fe+3].[Fe+3].[O-2].[O-2].[O-2].[O-2].[O-2].[O-2].[O-2].[Zn+2].[Zn+2]. The molecule has 0 atom stereocenters. The summed E-state index contributed by atoms with van der Waals surface area (Å²) in [5.74, 6) is 0. The van der Waals surface area contributed by atoms with Crippen LogP contribution in [0.5, 0.6) is 0 Å². The Morgan fingerprint density at radius 2 is 0.308 bits per heavy atom. The van der Waals surface area contributed by atoms with E-state index in [4.69, 9.17) is 0 Å². The summed E-state index contributed by atoms with van der Waals surface area (Å²) < 4.78 is 0. The molecule has 0 aliphatic rings. The topological polar surface area (TPSA) is 200 Å². The number of rotatable bonds is 0. The van der Waals surface area contributed by atoms with Crippen molar-refractivity contribution in [2.24, 2.45) is 0 Å². The molecule has 0 bridgehead atoms. The van der Waals surface area contributed by atoms with Crippen LogP contribution in [0, 0.1) is 0 Å². The van der Waals surface area contributed by atoms with Crippen molar-refractivity contribution in [2.75, 3.05) is 0 Å². The molecule has 0 aromatic heterocycles. The van der Waals surface area contributed by atoms with E-state index in [0.29, 0.717) is 0 Å². The fraction of sp³-hybridized carbons (Fsp3) is 0. The minimum atomic E-state index is 0. The first kappa shape index (κ1) is 392.